The number of thioether (sulfide) groups is 1. The molecular weight excluding hydrogens is 343 g/mol. The molecule has 0 spiro atoms. The number of amides is 1. The highest BCUT2D eigenvalue weighted by Crippen LogP contribution is 2.32. The third-order valence-electron chi connectivity index (χ3n) is 3.58. The van der Waals surface area contributed by atoms with Gasteiger partial charge in [-0.2, -0.15) is 0 Å². The van der Waals surface area contributed by atoms with Gasteiger partial charge in [0.05, 0.1) is 15.5 Å². The molecule has 2 aromatic carbocycles. The SMILES string of the molecule is C[C@@H](Sc1nc2ccccc2s1)C(=O)N(C)Cc1cccc(F)c1. The molecule has 3 rings (SSSR count). The van der Waals surface area contributed by atoms with Crippen LogP contribution in [0.1, 0.15) is 12.5 Å². The van der Waals surface area contributed by atoms with Crippen molar-refractivity contribution in [3.63, 3.8) is 0 Å². The zero-order valence-corrected chi connectivity index (χ0v) is 15.0. The van der Waals surface area contributed by atoms with Crippen LogP contribution in [0.3, 0.4) is 0 Å². The molecule has 124 valence electrons. The van der Waals surface area contributed by atoms with Gasteiger partial charge in [-0.1, -0.05) is 36.0 Å². The normalized spacial score (nSPS) is 12.3. The van der Waals surface area contributed by atoms with E-state index in [-0.39, 0.29) is 17.0 Å². The van der Waals surface area contributed by atoms with Crippen LogP contribution in [0.5, 0.6) is 0 Å². The van der Waals surface area contributed by atoms with Crippen LogP contribution in [-0.4, -0.2) is 28.1 Å². The monoisotopic (exact) mass is 360 g/mol. The molecule has 0 aliphatic heterocycles. The van der Waals surface area contributed by atoms with E-state index in [9.17, 15) is 9.18 Å². The van der Waals surface area contributed by atoms with Crippen LogP contribution < -0.4 is 0 Å². The maximum Gasteiger partial charge on any atom is 0.235 e. The van der Waals surface area contributed by atoms with Gasteiger partial charge in [-0.05, 0) is 36.8 Å². The summed E-state index contributed by atoms with van der Waals surface area (Å²) in [5, 5.41) is -0.246. The molecule has 0 aliphatic carbocycles. The molecule has 6 heteroatoms. The third-order valence-corrected chi connectivity index (χ3v) is 5.80. The van der Waals surface area contributed by atoms with Crippen LogP contribution in [0.4, 0.5) is 4.39 Å². The molecule has 0 N–H and O–H groups in total. The largest absolute Gasteiger partial charge is 0.340 e. The fourth-order valence-corrected chi connectivity index (χ4v) is 4.73. The molecule has 1 heterocycles. The fraction of sp³-hybridized carbons (Fsp3) is 0.222. The second-order valence-electron chi connectivity index (χ2n) is 5.53. The summed E-state index contributed by atoms with van der Waals surface area (Å²) in [7, 11) is 1.74. The van der Waals surface area contributed by atoms with Crippen molar-refractivity contribution in [2.24, 2.45) is 0 Å². The highest BCUT2D eigenvalue weighted by molar-refractivity contribution is 8.02. The molecule has 0 radical (unpaired) electrons. The van der Waals surface area contributed by atoms with Crippen LogP contribution in [0.2, 0.25) is 0 Å². The number of carbonyl (C=O) groups is 1. The molecule has 0 saturated carbocycles. The minimum atomic E-state index is -0.287. The molecule has 1 amide bonds. The van der Waals surface area contributed by atoms with Gasteiger partial charge in [0, 0.05) is 13.6 Å². The molecule has 0 bridgehead atoms. The Morgan fingerprint density at radius 1 is 1.29 bits per heavy atom. The van der Waals surface area contributed by atoms with Crippen LogP contribution in [0, 0.1) is 5.82 Å². The van der Waals surface area contributed by atoms with Crippen molar-refractivity contribution in [3.8, 4) is 0 Å². The van der Waals surface area contributed by atoms with Crippen molar-refractivity contribution in [3.05, 3.63) is 59.9 Å². The summed E-state index contributed by atoms with van der Waals surface area (Å²) < 4.78 is 15.3. The predicted octanol–water partition coefficient (Wildman–Crippen LogP) is 4.57. The predicted molar refractivity (Wildman–Crippen MR) is 97.8 cm³/mol. The highest BCUT2D eigenvalue weighted by Gasteiger charge is 2.20. The third kappa shape index (κ3) is 3.94. The molecular formula is C18H17FN2OS2. The summed E-state index contributed by atoms with van der Waals surface area (Å²) in [6, 6.07) is 14.3. The lowest BCUT2D eigenvalue weighted by atomic mass is 10.2. The number of para-hydroxylation sites is 1. The first-order chi connectivity index (χ1) is 11.5. The van der Waals surface area contributed by atoms with E-state index in [0.717, 1.165) is 20.1 Å². The first-order valence-electron chi connectivity index (χ1n) is 7.54. The van der Waals surface area contributed by atoms with E-state index in [1.54, 1.807) is 29.4 Å². The first kappa shape index (κ1) is 16.9. The topological polar surface area (TPSA) is 33.2 Å². The van der Waals surface area contributed by atoms with E-state index in [2.05, 4.69) is 4.98 Å². The van der Waals surface area contributed by atoms with E-state index in [0.29, 0.717) is 6.54 Å². The minimum Gasteiger partial charge on any atom is -0.340 e. The average Bonchev–Trinajstić information content (AvgIpc) is 2.96. The van der Waals surface area contributed by atoms with Crippen LogP contribution in [0.25, 0.3) is 10.2 Å². The maximum absolute atomic E-state index is 13.3. The zero-order chi connectivity index (χ0) is 17.1. The molecule has 0 saturated heterocycles. The quantitative estimate of drug-likeness (QED) is 0.625. The van der Waals surface area contributed by atoms with Crippen molar-refractivity contribution in [1.29, 1.82) is 0 Å². The van der Waals surface area contributed by atoms with E-state index in [4.69, 9.17) is 0 Å². The van der Waals surface area contributed by atoms with Gasteiger partial charge < -0.3 is 4.90 Å². The number of halogens is 1. The number of nitrogens with zero attached hydrogens (tertiary/aromatic N) is 2. The molecule has 3 nitrogen and oxygen atoms in total. The van der Waals surface area contributed by atoms with Gasteiger partial charge in [-0.25, -0.2) is 9.37 Å². The van der Waals surface area contributed by atoms with E-state index >= 15 is 0 Å². The van der Waals surface area contributed by atoms with Gasteiger partial charge in [-0.3, -0.25) is 4.79 Å². The summed E-state index contributed by atoms with van der Waals surface area (Å²) in [6.45, 7) is 2.27. The molecule has 24 heavy (non-hydrogen) atoms. The van der Waals surface area contributed by atoms with Gasteiger partial charge in [-0.15, -0.1) is 11.3 Å². The number of rotatable bonds is 5. The second-order valence-corrected chi connectivity index (χ2v) is 8.15. The summed E-state index contributed by atoms with van der Waals surface area (Å²) in [4.78, 5) is 18.7. The standard InChI is InChI=1S/C18H17FN2OS2/c1-12(23-18-20-15-8-3-4-9-16(15)24-18)17(22)21(2)11-13-6-5-7-14(19)10-13/h3-10,12H,11H2,1-2H3/t12-/m1/s1. The van der Waals surface area contributed by atoms with Crippen molar-refractivity contribution < 1.29 is 9.18 Å². The summed E-state index contributed by atoms with van der Waals surface area (Å²) in [6.07, 6.45) is 0. The van der Waals surface area contributed by atoms with E-state index < -0.39 is 0 Å². The van der Waals surface area contributed by atoms with Crippen molar-refractivity contribution in [2.45, 2.75) is 23.1 Å². The molecule has 1 atom stereocenters. The number of hydrogen-bond acceptors (Lipinski definition) is 4. The number of aromatic nitrogens is 1. The summed E-state index contributed by atoms with van der Waals surface area (Å²) in [5.41, 5.74) is 1.74. The van der Waals surface area contributed by atoms with Gasteiger partial charge in [0.15, 0.2) is 4.34 Å². The molecule has 0 aliphatic rings. The number of hydrogen-bond donors (Lipinski definition) is 0. The van der Waals surface area contributed by atoms with E-state index in [1.165, 1.54) is 23.9 Å². The lowest BCUT2D eigenvalue weighted by Gasteiger charge is -2.20. The van der Waals surface area contributed by atoms with Gasteiger partial charge in [0.1, 0.15) is 5.82 Å². The van der Waals surface area contributed by atoms with Crippen LogP contribution in [-0.2, 0) is 11.3 Å². The molecule has 0 unspecified atom stereocenters. The Morgan fingerprint density at radius 3 is 2.83 bits per heavy atom. The summed E-state index contributed by atoms with van der Waals surface area (Å²) >= 11 is 3.05. The lowest BCUT2D eigenvalue weighted by molar-refractivity contribution is -0.129. The van der Waals surface area contributed by atoms with Crippen molar-refractivity contribution in [1.82, 2.24) is 9.88 Å². The Morgan fingerprint density at radius 2 is 2.08 bits per heavy atom. The molecule has 3 aromatic rings. The first-order valence-corrected chi connectivity index (χ1v) is 9.24. The van der Waals surface area contributed by atoms with Gasteiger partial charge >= 0.3 is 0 Å². The lowest BCUT2D eigenvalue weighted by Crippen LogP contribution is -2.32. The number of benzene rings is 2. The fourth-order valence-electron chi connectivity index (χ4n) is 2.40. The molecule has 1 aromatic heterocycles. The smallest absolute Gasteiger partial charge is 0.235 e. The van der Waals surface area contributed by atoms with Crippen LogP contribution >= 0.6 is 23.1 Å². The maximum atomic E-state index is 13.3. The Balaban J connectivity index is 1.65. The van der Waals surface area contributed by atoms with E-state index in [1.807, 2.05) is 37.3 Å². The van der Waals surface area contributed by atoms with Gasteiger partial charge in [0.25, 0.3) is 0 Å². The Kier molecular flexibility index (Phi) is 5.16. The zero-order valence-electron chi connectivity index (χ0n) is 13.4. The second kappa shape index (κ2) is 7.32. The minimum absolute atomic E-state index is 0.00326. The van der Waals surface area contributed by atoms with Crippen molar-refractivity contribution >= 4 is 39.2 Å². The Labute approximate surface area is 148 Å². The summed E-state index contributed by atoms with van der Waals surface area (Å²) in [5.74, 6) is -0.284. The Hall–Kier alpha value is -1.92. The molecule has 0 fully saturated rings. The number of carbonyl (C=O) groups excluding carboxylic acids is 1. The highest BCUT2D eigenvalue weighted by atomic mass is 32.2. The Bertz CT molecular complexity index is 832. The number of thiazole rings is 1. The van der Waals surface area contributed by atoms with Crippen LogP contribution in [0.15, 0.2) is 52.9 Å². The van der Waals surface area contributed by atoms with Gasteiger partial charge in [0.2, 0.25) is 5.91 Å². The number of fused-ring (bicyclic) bond motifs is 1. The average molecular weight is 360 g/mol. The van der Waals surface area contributed by atoms with Crippen molar-refractivity contribution in [2.75, 3.05) is 7.05 Å².